The number of nitrogens with one attached hydrogen (secondary N) is 1. The van der Waals surface area contributed by atoms with Crippen molar-refractivity contribution in [2.24, 2.45) is 5.92 Å². The van der Waals surface area contributed by atoms with Crippen LogP contribution in [0.3, 0.4) is 0 Å². The molecule has 1 atom stereocenters. The molecule has 1 aromatic carbocycles. The predicted molar refractivity (Wildman–Crippen MR) is 111 cm³/mol. The van der Waals surface area contributed by atoms with Gasteiger partial charge in [-0.15, -0.1) is 0 Å². The molecule has 0 fully saturated rings. The Hall–Kier alpha value is -3.07. The van der Waals surface area contributed by atoms with E-state index in [-0.39, 0.29) is 12.5 Å². The average molecular weight is 415 g/mol. The van der Waals surface area contributed by atoms with Crippen molar-refractivity contribution >= 4 is 28.2 Å². The zero-order valence-electron chi connectivity index (χ0n) is 17.5. The van der Waals surface area contributed by atoms with Crippen LogP contribution in [0.15, 0.2) is 24.5 Å². The van der Waals surface area contributed by atoms with Gasteiger partial charge in [-0.1, -0.05) is 13.8 Å². The van der Waals surface area contributed by atoms with Gasteiger partial charge in [0, 0.05) is 16.6 Å². The molecule has 0 saturated carbocycles. The number of aryl methyl sites for hydroxylation is 1. The Morgan fingerprint density at radius 3 is 2.57 bits per heavy atom. The van der Waals surface area contributed by atoms with Crippen molar-refractivity contribution in [2.75, 3.05) is 11.9 Å². The van der Waals surface area contributed by atoms with Crippen LogP contribution in [0.2, 0.25) is 0 Å². The van der Waals surface area contributed by atoms with Crippen LogP contribution in [0.1, 0.15) is 44.0 Å². The van der Waals surface area contributed by atoms with E-state index in [0.29, 0.717) is 46.0 Å². The summed E-state index contributed by atoms with van der Waals surface area (Å²) < 4.78 is 20.5. The monoisotopic (exact) mass is 415 g/mol. The van der Waals surface area contributed by atoms with Gasteiger partial charge in [-0.25, -0.2) is 14.4 Å². The maximum Gasteiger partial charge on any atom is 0.327 e. The zero-order chi connectivity index (χ0) is 21.8. The molecule has 3 aromatic rings. The highest BCUT2D eigenvalue weighted by atomic mass is 19.1. The summed E-state index contributed by atoms with van der Waals surface area (Å²) in [6, 6.07) is 3.34. The number of alkyl halides is 1. The summed E-state index contributed by atoms with van der Waals surface area (Å²) in [6.45, 7) is 6.72. The van der Waals surface area contributed by atoms with E-state index < -0.39 is 18.7 Å². The Balaban J connectivity index is 1.99. The first kappa shape index (κ1) is 21.6. The highest BCUT2D eigenvalue weighted by molar-refractivity contribution is 5.89. The number of halogens is 1. The molecule has 3 rings (SSSR count). The number of anilines is 2. The van der Waals surface area contributed by atoms with Gasteiger partial charge in [0.15, 0.2) is 0 Å². The number of hydrogen-bond donors (Lipinski definition) is 2. The van der Waals surface area contributed by atoms with Crippen molar-refractivity contribution in [3.05, 3.63) is 41.6 Å². The number of aliphatic hydroxyl groups is 1. The fourth-order valence-electron chi connectivity index (χ4n) is 2.98. The molecule has 2 aromatic heterocycles. The first-order valence-corrected chi connectivity index (χ1v) is 9.77. The molecule has 0 amide bonds. The van der Waals surface area contributed by atoms with Gasteiger partial charge < -0.3 is 15.2 Å². The van der Waals surface area contributed by atoms with Crippen LogP contribution in [0.25, 0.3) is 10.9 Å². The van der Waals surface area contributed by atoms with Crippen LogP contribution >= 0.6 is 0 Å². The van der Waals surface area contributed by atoms with Crippen LogP contribution in [0, 0.1) is 12.8 Å². The smallest absolute Gasteiger partial charge is 0.327 e. The highest BCUT2D eigenvalue weighted by Gasteiger charge is 2.19. The second-order valence-corrected chi connectivity index (χ2v) is 7.60. The van der Waals surface area contributed by atoms with Gasteiger partial charge in [-0.3, -0.25) is 9.48 Å². The fraction of sp³-hybridized carbons (Fsp3) is 0.429. The molecule has 0 radical (unpaired) electrons. The largest absolute Gasteiger partial charge is 0.464 e. The Bertz CT molecular complexity index is 1030. The Morgan fingerprint density at radius 2 is 1.97 bits per heavy atom. The first-order chi connectivity index (χ1) is 14.3. The molecule has 0 aliphatic carbocycles. The van der Waals surface area contributed by atoms with E-state index in [1.54, 1.807) is 38.4 Å². The number of hydrogen-bond acceptors (Lipinski definition) is 7. The summed E-state index contributed by atoms with van der Waals surface area (Å²) in [5.74, 6) is 0.406. The molecule has 2 heterocycles. The minimum absolute atomic E-state index is 0.125. The second kappa shape index (κ2) is 9.17. The zero-order valence-corrected chi connectivity index (χ0v) is 17.5. The number of carbonyl (C=O) groups is 1. The molecule has 0 aliphatic rings. The van der Waals surface area contributed by atoms with Gasteiger partial charge >= 0.3 is 5.97 Å². The quantitative estimate of drug-likeness (QED) is 0.542. The van der Waals surface area contributed by atoms with E-state index in [1.165, 1.54) is 4.68 Å². The third-order valence-corrected chi connectivity index (χ3v) is 4.46. The van der Waals surface area contributed by atoms with Gasteiger partial charge in [0.25, 0.3) is 0 Å². The number of fused-ring (bicyclic) bond motifs is 1. The van der Waals surface area contributed by atoms with Crippen molar-refractivity contribution in [3.63, 3.8) is 0 Å². The molecule has 2 N–H and O–H groups in total. The molecule has 1 unspecified atom stereocenters. The van der Waals surface area contributed by atoms with Gasteiger partial charge in [-0.2, -0.15) is 5.10 Å². The van der Waals surface area contributed by atoms with E-state index >= 15 is 0 Å². The van der Waals surface area contributed by atoms with E-state index in [4.69, 9.17) is 4.74 Å². The van der Waals surface area contributed by atoms with Crippen molar-refractivity contribution in [1.29, 1.82) is 0 Å². The highest BCUT2D eigenvalue weighted by Crippen LogP contribution is 2.31. The van der Waals surface area contributed by atoms with Crippen LogP contribution in [-0.2, 0) is 22.8 Å². The average Bonchev–Trinajstić information content (AvgIpc) is 3.05. The maximum atomic E-state index is 13.8. The first-order valence-electron chi connectivity index (χ1n) is 9.77. The van der Waals surface area contributed by atoms with Gasteiger partial charge in [-0.05, 0) is 31.9 Å². The normalized spacial score (nSPS) is 12.4. The van der Waals surface area contributed by atoms with Gasteiger partial charge in [0.1, 0.15) is 19.0 Å². The number of rotatable bonds is 8. The Kier molecular flexibility index (Phi) is 6.61. The molecule has 8 nitrogen and oxygen atoms in total. The molecule has 160 valence electrons. The lowest BCUT2D eigenvalue weighted by Crippen LogP contribution is -2.17. The standard InChI is InChI=1S/C21H26FN5O3/c1-12(2)11-30-20(29)10-27-19-5-15(7-22)18(6-17(19)21(26-27)13(3)28)25-16-8-23-14(4)24-9-16/h5-6,8-9,12-13,25,28H,7,10-11H2,1-4H3. The summed E-state index contributed by atoms with van der Waals surface area (Å²) in [4.78, 5) is 20.4. The molecule has 0 spiro atoms. The molecular weight excluding hydrogens is 389 g/mol. The molecule has 9 heteroatoms. The summed E-state index contributed by atoms with van der Waals surface area (Å²) in [7, 11) is 0. The molecule has 0 saturated heterocycles. The summed E-state index contributed by atoms with van der Waals surface area (Å²) in [5.41, 5.74) is 2.46. The number of aromatic nitrogens is 4. The summed E-state index contributed by atoms with van der Waals surface area (Å²) in [6.07, 6.45) is 2.35. The van der Waals surface area contributed by atoms with Gasteiger partial charge in [0.2, 0.25) is 0 Å². The van der Waals surface area contributed by atoms with Crippen LogP contribution < -0.4 is 5.32 Å². The molecule has 0 bridgehead atoms. The van der Waals surface area contributed by atoms with E-state index in [9.17, 15) is 14.3 Å². The van der Waals surface area contributed by atoms with Crippen LogP contribution in [-0.4, -0.2) is 37.4 Å². The van der Waals surface area contributed by atoms with E-state index in [2.05, 4.69) is 20.4 Å². The van der Waals surface area contributed by atoms with Crippen molar-refractivity contribution < 1.29 is 19.0 Å². The minimum Gasteiger partial charge on any atom is -0.464 e. The van der Waals surface area contributed by atoms with Crippen LogP contribution in [0.4, 0.5) is 15.8 Å². The SMILES string of the molecule is Cc1ncc(Nc2cc3c(C(C)O)nn(CC(=O)OCC(C)C)c3cc2CF)cn1. The third kappa shape index (κ3) is 4.91. The Morgan fingerprint density at radius 1 is 1.27 bits per heavy atom. The molecular formula is C21H26FN5O3. The lowest BCUT2D eigenvalue weighted by Gasteiger charge is -2.12. The number of benzene rings is 1. The molecule has 30 heavy (non-hydrogen) atoms. The minimum atomic E-state index is -0.868. The van der Waals surface area contributed by atoms with Crippen molar-refractivity contribution in [2.45, 2.75) is 47.0 Å². The van der Waals surface area contributed by atoms with E-state index in [0.717, 1.165) is 0 Å². The lowest BCUT2D eigenvalue weighted by atomic mass is 10.1. The van der Waals surface area contributed by atoms with Crippen molar-refractivity contribution in [1.82, 2.24) is 19.7 Å². The lowest BCUT2D eigenvalue weighted by molar-refractivity contribution is -0.145. The number of aliphatic hydroxyl groups excluding tert-OH is 1. The number of esters is 1. The maximum absolute atomic E-state index is 13.8. The number of nitrogens with zero attached hydrogens (tertiary/aromatic N) is 4. The number of carbonyl (C=O) groups excluding carboxylic acids is 1. The molecule has 0 aliphatic heterocycles. The predicted octanol–water partition coefficient (Wildman–Crippen LogP) is 3.60. The van der Waals surface area contributed by atoms with Gasteiger partial charge in [0.05, 0.1) is 42.0 Å². The topological polar surface area (TPSA) is 102 Å². The van der Waals surface area contributed by atoms with E-state index in [1.807, 2.05) is 13.8 Å². The third-order valence-electron chi connectivity index (χ3n) is 4.46. The second-order valence-electron chi connectivity index (χ2n) is 7.60. The van der Waals surface area contributed by atoms with Crippen molar-refractivity contribution in [3.8, 4) is 0 Å². The Labute approximate surface area is 174 Å². The summed E-state index contributed by atoms with van der Waals surface area (Å²) in [5, 5.41) is 18.3. The summed E-state index contributed by atoms with van der Waals surface area (Å²) >= 11 is 0. The van der Waals surface area contributed by atoms with Crippen LogP contribution in [0.5, 0.6) is 0 Å². The number of ether oxygens (including phenoxy) is 1. The fourth-order valence-corrected chi connectivity index (χ4v) is 2.98.